The molecule has 0 aliphatic carbocycles. The molecular weight excluding hydrogens is 368 g/mol. The summed E-state index contributed by atoms with van der Waals surface area (Å²) in [7, 11) is -6.59. The van der Waals surface area contributed by atoms with Crippen molar-refractivity contribution < 1.29 is 41.3 Å². The molecule has 1 atom stereocenters. The van der Waals surface area contributed by atoms with E-state index < -0.39 is 72.1 Å². The Hall–Kier alpha value is -2.59. The molecule has 0 spiro atoms. The maximum absolute atomic E-state index is 13.2. The van der Waals surface area contributed by atoms with Gasteiger partial charge in [0.25, 0.3) is 0 Å². The normalized spacial score (nSPS) is 19.5. The van der Waals surface area contributed by atoms with Crippen LogP contribution in [0.2, 0.25) is 0 Å². The maximum atomic E-state index is 13.2. The van der Waals surface area contributed by atoms with Crippen LogP contribution in [0.4, 0.5) is 8.78 Å². The Morgan fingerprint density at radius 2 is 2.27 bits per heavy atom. The summed E-state index contributed by atoms with van der Waals surface area (Å²) < 4.78 is 128. The van der Waals surface area contributed by atoms with Gasteiger partial charge in [0.1, 0.15) is 11.4 Å². The third-order valence-corrected chi connectivity index (χ3v) is 3.91. The van der Waals surface area contributed by atoms with Gasteiger partial charge in [-0.2, -0.15) is 13.8 Å². The Morgan fingerprint density at radius 3 is 3.04 bits per heavy atom. The van der Waals surface area contributed by atoms with Gasteiger partial charge in [-0.3, -0.25) is 9.97 Å². The van der Waals surface area contributed by atoms with Crippen LogP contribution in [0, 0.1) is 0 Å². The van der Waals surface area contributed by atoms with Gasteiger partial charge < -0.3 is 18.8 Å². The average molecular weight is 393 g/mol. The zero-order chi connectivity index (χ0) is 27.2. The fourth-order valence-corrected chi connectivity index (χ4v) is 2.75. The fourth-order valence-electron chi connectivity index (χ4n) is 1.95. The molecule has 0 aliphatic heterocycles. The van der Waals surface area contributed by atoms with Crippen molar-refractivity contribution in [3.8, 4) is 17.2 Å². The molecule has 0 saturated carbocycles. The van der Waals surface area contributed by atoms with Crippen LogP contribution in [0.1, 0.15) is 19.4 Å². The van der Waals surface area contributed by atoms with Crippen molar-refractivity contribution in [2.75, 3.05) is 14.1 Å². The Kier molecular flexibility index (Phi) is 2.79. The number of alkyl halides is 2. The molecule has 0 saturated heterocycles. The summed E-state index contributed by atoms with van der Waals surface area (Å²) in [5.41, 5.74) is -4.20. The van der Waals surface area contributed by atoms with Crippen molar-refractivity contribution >= 4 is 22.2 Å². The Balaban J connectivity index is 2.15. The first-order valence-electron chi connectivity index (χ1n) is 11.7. The van der Waals surface area contributed by atoms with E-state index in [4.69, 9.17) is 18.4 Å². The van der Waals surface area contributed by atoms with E-state index >= 15 is 0 Å². The molecule has 1 unspecified atom stereocenters. The molecule has 0 aliphatic rings. The molecule has 3 rings (SSSR count). The van der Waals surface area contributed by atoms with Crippen molar-refractivity contribution in [1.82, 2.24) is 15.0 Å². The summed E-state index contributed by atoms with van der Waals surface area (Å²) in [6, 6.07) is 2.43. The lowest BCUT2D eigenvalue weighted by molar-refractivity contribution is -0.0497. The van der Waals surface area contributed by atoms with Gasteiger partial charge in [0, 0.05) is 29.5 Å². The number of hydrogen-bond acceptors (Lipinski definition) is 6. The van der Waals surface area contributed by atoms with Crippen molar-refractivity contribution in [1.29, 1.82) is 0 Å². The number of H-pyrrole nitrogens is 1. The smallest absolute Gasteiger partial charge is 0.387 e. The van der Waals surface area contributed by atoms with E-state index in [2.05, 4.69) is 24.4 Å². The first-order chi connectivity index (χ1) is 16.4. The van der Waals surface area contributed by atoms with Crippen molar-refractivity contribution in [3.05, 3.63) is 36.1 Å². The van der Waals surface area contributed by atoms with Gasteiger partial charge >= 0.3 is 11.8 Å². The molecule has 3 aromatic rings. The number of nitrogens with one attached hydrogen (secondary N) is 1. The second-order valence-corrected chi connectivity index (χ2v) is 5.66. The van der Waals surface area contributed by atoms with Gasteiger partial charge in [-0.25, -0.2) is 0 Å². The summed E-state index contributed by atoms with van der Waals surface area (Å²) in [6.45, 7) is -3.12. The highest BCUT2D eigenvalue weighted by molar-refractivity contribution is 7.90. The van der Waals surface area contributed by atoms with Crippen LogP contribution in [-0.2, 0) is 16.9 Å². The first-order valence-corrected chi connectivity index (χ1v) is 7.80. The molecule has 0 radical (unpaired) electrons. The van der Waals surface area contributed by atoms with Crippen molar-refractivity contribution in [2.24, 2.45) is 0 Å². The molecule has 138 valence electrons. The molecule has 1 aromatic carbocycles. The van der Waals surface area contributed by atoms with Crippen LogP contribution in [0.5, 0.6) is 17.2 Å². The number of hydrogen-bond donors (Lipinski definition) is 1. The quantitative estimate of drug-likeness (QED) is 0.621. The lowest BCUT2D eigenvalue weighted by atomic mass is 10.3. The minimum absolute atomic E-state index is 0.0355. The van der Waals surface area contributed by atoms with Crippen LogP contribution in [0.3, 0.4) is 0 Å². The fraction of sp³-hybridized carbons (Fsp3) is 0.250. The SMILES string of the molecule is [2H]c1nc(C([2H])([2H])[S+]([O-])c2nc3ccc(OC(F)F)cc3[nH]2)c(OC([2H])([2H])[2H])c(OC([2H])([2H])[2H])c1[2H]. The summed E-state index contributed by atoms with van der Waals surface area (Å²) in [5.74, 6) is -2.57. The topological polar surface area (TPSA) is 92.3 Å². The minimum Gasteiger partial charge on any atom is -0.609 e. The first kappa shape index (κ1) is 9.38. The molecule has 2 heterocycles. The summed E-state index contributed by atoms with van der Waals surface area (Å²) >= 11 is -2.87. The molecule has 7 nitrogen and oxygen atoms in total. The lowest BCUT2D eigenvalue weighted by Gasteiger charge is -2.12. The number of fused-ring (bicyclic) bond motifs is 1. The number of methoxy groups -OCH3 is 2. The van der Waals surface area contributed by atoms with E-state index in [1.54, 1.807) is 0 Å². The summed E-state index contributed by atoms with van der Waals surface area (Å²) in [4.78, 5) is 9.89. The monoisotopic (exact) mass is 393 g/mol. The third kappa shape index (κ3) is 3.81. The number of benzene rings is 1. The highest BCUT2D eigenvalue weighted by atomic mass is 32.2. The van der Waals surface area contributed by atoms with E-state index in [9.17, 15) is 13.3 Å². The highest BCUT2D eigenvalue weighted by Crippen LogP contribution is 2.31. The third-order valence-electron chi connectivity index (χ3n) is 2.98. The standard InChI is InChI=1S/C16H15F2N3O4S/c1-23-13-5-6-19-12(14(13)24-2)8-26(22)16-20-10-4-3-9(25-15(17)18)7-11(10)21-16/h3-7,15H,8H2,1-2H3,(H,20,21)/i1D3,2D3,5D,6D,8D2. The molecular formula is C16H15F2N3O4S. The summed E-state index contributed by atoms with van der Waals surface area (Å²) in [5, 5.41) is -0.550. The van der Waals surface area contributed by atoms with E-state index in [1.165, 1.54) is 6.07 Å². The van der Waals surface area contributed by atoms with Crippen LogP contribution < -0.4 is 14.2 Å². The van der Waals surface area contributed by atoms with Gasteiger partial charge in [0.15, 0.2) is 17.2 Å². The number of halogens is 2. The molecule has 26 heavy (non-hydrogen) atoms. The zero-order valence-corrected chi connectivity index (χ0v) is 13.3. The number of rotatable bonds is 7. The van der Waals surface area contributed by atoms with E-state index in [1.807, 2.05) is 0 Å². The van der Waals surface area contributed by atoms with Gasteiger partial charge in [-0.15, -0.1) is 0 Å². The van der Waals surface area contributed by atoms with Gasteiger partial charge in [0.05, 0.1) is 38.8 Å². The molecule has 0 bridgehead atoms. The summed E-state index contributed by atoms with van der Waals surface area (Å²) in [6.07, 6.45) is -1.03. The highest BCUT2D eigenvalue weighted by Gasteiger charge is 2.22. The Morgan fingerprint density at radius 1 is 1.42 bits per heavy atom. The van der Waals surface area contributed by atoms with Crippen LogP contribution in [0.15, 0.2) is 35.6 Å². The Labute approximate surface area is 164 Å². The number of nitrogens with zero attached hydrogens (tertiary/aromatic N) is 2. The van der Waals surface area contributed by atoms with E-state index in [-0.39, 0.29) is 16.8 Å². The van der Waals surface area contributed by atoms with E-state index in [0.29, 0.717) is 0 Å². The molecule has 1 N–H and O–H groups in total. The van der Waals surface area contributed by atoms with Crippen molar-refractivity contribution in [2.45, 2.75) is 17.5 Å². The second-order valence-electron chi connectivity index (χ2n) is 4.53. The largest absolute Gasteiger partial charge is 0.609 e. The Bertz CT molecular complexity index is 1270. The van der Waals surface area contributed by atoms with Crippen LogP contribution in [0.25, 0.3) is 11.0 Å². The number of ether oxygens (including phenoxy) is 3. The predicted octanol–water partition coefficient (Wildman–Crippen LogP) is 2.88. The maximum Gasteiger partial charge on any atom is 0.387 e. The number of pyridine rings is 1. The lowest BCUT2D eigenvalue weighted by Crippen LogP contribution is -2.10. The van der Waals surface area contributed by atoms with Crippen LogP contribution >= 0.6 is 0 Å². The van der Waals surface area contributed by atoms with Crippen molar-refractivity contribution in [3.63, 3.8) is 0 Å². The van der Waals surface area contributed by atoms with Gasteiger partial charge in [-0.05, 0) is 12.1 Å². The molecule has 0 amide bonds. The molecule has 10 heteroatoms. The number of aromatic nitrogens is 3. The number of imidazole rings is 1. The average Bonchev–Trinajstić information content (AvgIpc) is 3.13. The molecule has 0 fully saturated rings. The van der Waals surface area contributed by atoms with Gasteiger partial charge in [0.2, 0.25) is 0 Å². The predicted molar refractivity (Wildman–Crippen MR) is 90.2 cm³/mol. The van der Waals surface area contributed by atoms with Crippen LogP contribution in [-0.4, -0.2) is 40.2 Å². The zero-order valence-electron chi connectivity index (χ0n) is 22.5. The molecule has 2 aromatic heterocycles. The number of aromatic amines is 1. The van der Waals surface area contributed by atoms with Gasteiger partial charge in [-0.1, -0.05) is 0 Å². The minimum atomic E-state index is -3.32. The second kappa shape index (κ2) is 7.75. The van der Waals surface area contributed by atoms with E-state index in [0.717, 1.165) is 12.1 Å².